The van der Waals surface area contributed by atoms with E-state index in [9.17, 15) is 0 Å². The van der Waals surface area contributed by atoms with Crippen LogP contribution in [0.15, 0.2) is 12.3 Å². The highest BCUT2D eigenvalue weighted by molar-refractivity contribution is 5.04. The minimum atomic E-state index is 0.403. The zero-order chi connectivity index (χ0) is 7.78. The van der Waals surface area contributed by atoms with E-state index in [-0.39, 0.29) is 0 Å². The third-order valence-electron chi connectivity index (χ3n) is 1.92. The smallest absolute Gasteiger partial charge is 0.0395 e. The first-order valence-corrected chi connectivity index (χ1v) is 3.68. The topological polar surface area (TPSA) is 15.3 Å². The van der Waals surface area contributed by atoms with Gasteiger partial charge in [0, 0.05) is 19.3 Å². The Balaban J connectivity index is 2.61. The van der Waals surface area contributed by atoms with Crippen LogP contribution in [-0.2, 0) is 0 Å². The Morgan fingerprint density at radius 3 is 2.40 bits per heavy atom. The Labute approximate surface area is 62.9 Å². The standard InChI is InChI=1S/C8H16N2/c1-7-5-8(2,3)6-10(7)9-4/h9H,1,5-6H2,2-4H3. The lowest BCUT2D eigenvalue weighted by Crippen LogP contribution is -2.32. The summed E-state index contributed by atoms with van der Waals surface area (Å²) in [5.74, 6) is 0. The molecule has 0 unspecified atom stereocenters. The summed E-state index contributed by atoms with van der Waals surface area (Å²) in [4.78, 5) is 0. The fraction of sp³-hybridized carbons (Fsp3) is 0.750. The SMILES string of the molecule is C=C1CC(C)(C)CN1NC. The van der Waals surface area contributed by atoms with Gasteiger partial charge in [0.15, 0.2) is 0 Å². The van der Waals surface area contributed by atoms with E-state index in [1.165, 1.54) is 5.70 Å². The Hall–Kier alpha value is -0.500. The van der Waals surface area contributed by atoms with Gasteiger partial charge >= 0.3 is 0 Å². The van der Waals surface area contributed by atoms with Gasteiger partial charge in [-0.05, 0) is 11.8 Å². The lowest BCUT2D eigenvalue weighted by Gasteiger charge is -2.19. The van der Waals surface area contributed by atoms with Crippen LogP contribution in [0.4, 0.5) is 0 Å². The molecule has 1 rings (SSSR count). The molecule has 0 radical (unpaired) electrons. The van der Waals surface area contributed by atoms with E-state index in [2.05, 4.69) is 30.9 Å². The maximum Gasteiger partial charge on any atom is 0.0395 e. The molecular weight excluding hydrogens is 124 g/mol. The van der Waals surface area contributed by atoms with E-state index in [4.69, 9.17) is 0 Å². The molecule has 0 saturated carbocycles. The lowest BCUT2D eigenvalue weighted by atomic mass is 9.92. The number of nitrogens with zero attached hydrogens (tertiary/aromatic N) is 1. The summed E-state index contributed by atoms with van der Waals surface area (Å²) < 4.78 is 0. The van der Waals surface area contributed by atoms with Crippen molar-refractivity contribution in [3.05, 3.63) is 12.3 Å². The van der Waals surface area contributed by atoms with Crippen LogP contribution in [0, 0.1) is 5.41 Å². The first kappa shape index (κ1) is 7.61. The number of hydrazine groups is 1. The maximum absolute atomic E-state index is 3.97. The normalized spacial score (nSPS) is 23.9. The molecule has 1 fully saturated rings. The van der Waals surface area contributed by atoms with Gasteiger partial charge in [-0.1, -0.05) is 20.4 Å². The van der Waals surface area contributed by atoms with E-state index in [0.29, 0.717) is 5.41 Å². The summed E-state index contributed by atoms with van der Waals surface area (Å²) in [6.45, 7) is 9.56. The van der Waals surface area contributed by atoms with Crippen LogP contribution in [0.25, 0.3) is 0 Å². The minimum absolute atomic E-state index is 0.403. The van der Waals surface area contributed by atoms with Crippen LogP contribution in [0.5, 0.6) is 0 Å². The quantitative estimate of drug-likeness (QED) is 0.591. The maximum atomic E-state index is 3.97. The molecule has 1 aliphatic heterocycles. The van der Waals surface area contributed by atoms with Crippen molar-refractivity contribution in [2.75, 3.05) is 13.6 Å². The second-order valence-electron chi connectivity index (χ2n) is 3.72. The van der Waals surface area contributed by atoms with Crippen molar-refractivity contribution in [3.8, 4) is 0 Å². The Bertz CT molecular complexity index is 149. The molecule has 1 saturated heterocycles. The van der Waals surface area contributed by atoms with E-state index in [1.807, 2.05) is 7.05 Å². The molecule has 58 valence electrons. The fourth-order valence-electron chi connectivity index (χ4n) is 1.48. The molecule has 10 heavy (non-hydrogen) atoms. The van der Waals surface area contributed by atoms with Gasteiger partial charge < -0.3 is 5.01 Å². The van der Waals surface area contributed by atoms with Crippen LogP contribution in [0.1, 0.15) is 20.3 Å². The highest BCUT2D eigenvalue weighted by Crippen LogP contribution is 2.33. The van der Waals surface area contributed by atoms with Gasteiger partial charge in [-0.15, -0.1) is 0 Å². The van der Waals surface area contributed by atoms with E-state index in [1.54, 1.807) is 0 Å². The average Bonchev–Trinajstić information content (AvgIpc) is 2.05. The first-order valence-electron chi connectivity index (χ1n) is 3.68. The number of hydrogen-bond acceptors (Lipinski definition) is 2. The Morgan fingerprint density at radius 1 is 1.60 bits per heavy atom. The van der Waals surface area contributed by atoms with Crippen LogP contribution >= 0.6 is 0 Å². The van der Waals surface area contributed by atoms with Gasteiger partial charge in [-0.2, -0.15) is 0 Å². The Kier molecular flexibility index (Phi) is 1.73. The van der Waals surface area contributed by atoms with Crippen molar-refractivity contribution in [2.24, 2.45) is 5.41 Å². The fourth-order valence-corrected chi connectivity index (χ4v) is 1.48. The van der Waals surface area contributed by atoms with Crippen LogP contribution in [0.3, 0.4) is 0 Å². The monoisotopic (exact) mass is 140 g/mol. The summed E-state index contributed by atoms with van der Waals surface area (Å²) in [7, 11) is 1.94. The van der Waals surface area contributed by atoms with Crippen molar-refractivity contribution in [3.63, 3.8) is 0 Å². The largest absolute Gasteiger partial charge is 0.313 e. The molecule has 2 nitrogen and oxygen atoms in total. The van der Waals surface area contributed by atoms with E-state index < -0.39 is 0 Å². The van der Waals surface area contributed by atoms with E-state index in [0.717, 1.165) is 13.0 Å². The van der Waals surface area contributed by atoms with Crippen molar-refractivity contribution in [1.82, 2.24) is 10.4 Å². The average molecular weight is 140 g/mol. The second kappa shape index (κ2) is 2.27. The predicted molar refractivity (Wildman–Crippen MR) is 43.3 cm³/mol. The first-order chi connectivity index (χ1) is 4.55. The molecule has 0 spiro atoms. The molecule has 0 aromatic heterocycles. The molecule has 1 N–H and O–H groups in total. The molecular formula is C8H16N2. The van der Waals surface area contributed by atoms with Gasteiger partial charge in [0.2, 0.25) is 0 Å². The molecule has 0 aromatic carbocycles. The van der Waals surface area contributed by atoms with Crippen molar-refractivity contribution < 1.29 is 0 Å². The summed E-state index contributed by atoms with van der Waals surface area (Å²) >= 11 is 0. The van der Waals surface area contributed by atoms with Crippen molar-refractivity contribution >= 4 is 0 Å². The highest BCUT2D eigenvalue weighted by Gasteiger charge is 2.30. The third kappa shape index (κ3) is 1.32. The van der Waals surface area contributed by atoms with Crippen molar-refractivity contribution in [2.45, 2.75) is 20.3 Å². The predicted octanol–water partition coefficient (Wildman–Crippen LogP) is 1.37. The summed E-state index contributed by atoms with van der Waals surface area (Å²) in [5.41, 5.74) is 4.71. The zero-order valence-corrected chi connectivity index (χ0v) is 7.07. The van der Waals surface area contributed by atoms with Gasteiger partial charge in [-0.25, -0.2) is 5.43 Å². The van der Waals surface area contributed by atoms with Gasteiger partial charge in [0.25, 0.3) is 0 Å². The number of hydrogen-bond donors (Lipinski definition) is 1. The van der Waals surface area contributed by atoms with Crippen LogP contribution in [0.2, 0.25) is 0 Å². The zero-order valence-electron chi connectivity index (χ0n) is 7.07. The Morgan fingerprint density at radius 2 is 2.20 bits per heavy atom. The molecule has 0 amide bonds. The van der Waals surface area contributed by atoms with E-state index >= 15 is 0 Å². The molecule has 2 heteroatoms. The van der Waals surface area contributed by atoms with Crippen LogP contribution < -0.4 is 5.43 Å². The molecule has 0 bridgehead atoms. The number of allylic oxidation sites excluding steroid dienone is 1. The minimum Gasteiger partial charge on any atom is -0.313 e. The molecule has 1 aliphatic rings. The molecule has 0 atom stereocenters. The highest BCUT2D eigenvalue weighted by atomic mass is 15.5. The molecule has 1 heterocycles. The molecule has 0 aliphatic carbocycles. The summed E-state index contributed by atoms with van der Waals surface area (Å²) in [5, 5.41) is 2.11. The van der Waals surface area contributed by atoms with Crippen molar-refractivity contribution in [1.29, 1.82) is 0 Å². The lowest BCUT2D eigenvalue weighted by molar-refractivity contribution is 0.257. The second-order valence-corrected chi connectivity index (χ2v) is 3.72. The number of nitrogens with one attached hydrogen (secondary N) is 1. The number of rotatable bonds is 1. The van der Waals surface area contributed by atoms with Gasteiger partial charge in [0.05, 0.1) is 0 Å². The molecule has 0 aromatic rings. The summed E-state index contributed by atoms with van der Waals surface area (Å²) in [6.07, 6.45) is 1.10. The third-order valence-corrected chi connectivity index (χ3v) is 1.92. The van der Waals surface area contributed by atoms with Gasteiger partial charge in [-0.3, -0.25) is 0 Å². The van der Waals surface area contributed by atoms with Gasteiger partial charge in [0.1, 0.15) is 0 Å². The summed E-state index contributed by atoms with van der Waals surface area (Å²) in [6, 6.07) is 0. The van der Waals surface area contributed by atoms with Crippen LogP contribution in [-0.4, -0.2) is 18.6 Å².